The summed E-state index contributed by atoms with van der Waals surface area (Å²) in [7, 11) is 0.995. The van der Waals surface area contributed by atoms with Crippen LogP contribution in [0.4, 0.5) is 13.2 Å². The zero-order chi connectivity index (χ0) is 13.9. The molecule has 0 aliphatic rings. The van der Waals surface area contributed by atoms with E-state index in [0.717, 1.165) is 19.2 Å². The fourth-order valence-electron chi connectivity index (χ4n) is 1.50. The number of hydrogen-bond donors (Lipinski definition) is 0. The van der Waals surface area contributed by atoms with Crippen molar-refractivity contribution in [1.82, 2.24) is 0 Å². The summed E-state index contributed by atoms with van der Waals surface area (Å²) in [6, 6.07) is 3.77. The number of ether oxygens (including phenoxy) is 1. The summed E-state index contributed by atoms with van der Waals surface area (Å²) in [5.74, 6) is -1.09. The van der Waals surface area contributed by atoms with Crippen molar-refractivity contribution < 1.29 is 22.7 Å². The second kappa shape index (κ2) is 5.40. The minimum absolute atomic E-state index is 0.133. The molecule has 0 radical (unpaired) electrons. The molecule has 18 heavy (non-hydrogen) atoms. The fraction of sp³-hybridized carbons (Fsp3) is 0.273. The first-order chi connectivity index (χ1) is 8.36. The van der Waals surface area contributed by atoms with E-state index in [0.29, 0.717) is 0 Å². The van der Waals surface area contributed by atoms with Crippen LogP contribution in [0.15, 0.2) is 12.1 Å². The number of rotatable bonds is 2. The van der Waals surface area contributed by atoms with E-state index in [1.54, 1.807) is 6.07 Å². The zero-order valence-electron chi connectivity index (χ0n) is 9.14. The van der Waals surface area contributed by atoms with E-state index in [1.165, 1.54) is 0 Å². The van der Waals surface area contributed by atoms with Crippen LogP contribution in [-0.2, 0) is 16.2 Å². The Bertz CT molecular complexity index is 520. The van der Waals surface area contributed by atoms with Crippen LogP contribution in [0, 0.1) is 11.3 Å². The molecule has 1 rings (SSSR count). The van der Waals surface area contributed by atoms with Crippen LogP contribution in [-0.4, -0.2) is 13.1 Å². The molecule has 1 aromatic carbocycles. The van der Waals surface area contributed by atoms with Crippen LogP contribution in [0.1, 0.15) is 27.0 Å². The molecule has 96 valence electrons. The van der Waals surface area contributed by atoms with Crippen LogP contribution < -0.4 is 0 Å². The van der Waals surface area contributed by atoms with Crippen molar-refractivity contribution in [3.05, 3.63) is 34.4 Å². The van der Waals surface area contributed by atoms with Crippen LogP contribution in [0.25, 0.3) is 0 Å². The summed E-state index contributed by atoms with van der Waals surface area (Å²) in [5, 5.41) is 8.59. The first kappa shape index (κ1) is 14.5. The summed E-state index contributed by atoms with van der Waals surface area (Å²) in [5.41, 5.74) is -2.14. The molecule has 0 aliphatic carbocycles. The normalized spacial score (nSPS) is 10.9. The van der Waals surface area contributed by atoms with Gasteiger partial charge in [-0.05, 0) is 17.7 Å². The average molecular weight is 322 g/mol. The van der Waals surface area contributed by atoms with E-state index in [-0.39, 0.29) is 16.5 Å². The Kier molecular flexibility index (Phi) is 4.35. The monoisotopic (exact) mass is 321 g/mol. The van der Waals surface area contributed by atoms with Crippen molar-refractivity contribution in [3.63, 3.8) is 0 Å². The predicted octanol–water partition coefficient (Wildman–Crippen LogP) is 3.26. The molecular formula is C11H7BrF3NO2. The van der Waals surface area contributed by atoms with E-state index in [4.69, 9.17) is 5.26 Å². The average Bonchev–Trinajstić information content (AvgIpc) is 2.34. The van der Waals surface area contributed by atoms with Gasteiger partial charge in [0.05, 0.1) is 29.9 Å². The van der Waals surface area contributed by atoms with Gasteiger partial charge in [0.25, 0.3) is 0 Å². The number of halogens is 4. The Morgan fingerprint density at radius 2 is 2.11 bits per heavy atom. The number of benzene rings is 1. The number of alkyl halides is 4. The molecule has 0 spiro atoms. The molecule has 0 atom stereocenters. The molecule has 1 aromatic rings. The van der Waals surface area contributed by atoms with Gasteiger partial charge < -0.3 is 4.74 Å². The number of hydrogen-bond acceptors (Lipinski definition) is 3. The molecule has 0 fully saturated rings. The van der Waals surface area contributed by atoms with Gasteiger partial charge in [-0.3, -0.25) is 0 Å². The molecule has 7 heteroatoms. The highest BCUT2D eigenvalue weighted by Gasteiger charge is 2.39. The lowest BCUT2D eigenvalue weighted by molar-refractivity contribution is -0.138. The summed E-state index contributed by atoms with van der Waals surface area (Å²) < 4.78 is 43.2. The molecule has 0 N–H and O–H groups in total. The van der Waals surface area contributed by atoms with Gasteiger partial charge in [0.15, 0.2) is 0 Å². The molecule has 0 unspecified atom stereocenters. The van der Waals surface area contributed by atoms with Gasteiger partial charge in [0, 0.05) is 5.33 Å². The van der Waals surface area contributed by atoms with E-state index < -0.39 is 23.3 Å². The number of nitrogens with zero attached hydrogens (tertiary/aromatic N) is 1. The third-order valence-corrected chi connectivity index (χ3v) is 2.82. The van der Waals surface area contributed by atoms with Crippen LogP contribution in [0.2, 0.25) is 0 Å². The summed E-state index contributed by atoms with van der Waals surface area (Å²) >= 11 is 2.89. The molecular weight excluding hydrogens is 315 g/mol. The highest BCUT2D eigenvalue weighted by atomic mass is 79.9. The maximum atomic E-state index is 13.0. The van der Waals surface area contributed by atoms with Gasteiger partial charge in [-0.25, -0.2) is 4.79 Å². The minimum Gasteiger partial charge on any atom is -0.465 e. The van der Waals surface area contributed by atoms with E-state index in [2.05, 4.69) is 20.7 Å². The third-order valence-electron chi connectivity index (χ3n) is 2.26. The fourth-order valence-corrected chi connectivity index (χ4v) is 2.08. The lowest BCUT2D eigenvalue weighted by Gasteiger charge is -2.16. The van der Waals surface area contributed by atoms with Crippen molar-refractivity contribution in [2.75, 3.05) is 7.11 Å². The van der Waals surface area contributed by atoms with E-state index >= 15 is 0 Å². The van der Waals surface area contributed by atoms with Crippen LogP contribution in [0.5, 0.6) is 0 Å². The number of carbonyl (C=O) groups is 1. The smallest absolute Gasteiger partial charge is 0.417 e. The van der Waals surface area contributed by atoms with Crippen molar-refractivity contribution >= 4 is 21.9 Å². The molecule has 0 amide bonds. The Balaban J connectivity index is 3.67. The lowest BCUT2D eigenvalue weighted by Crippen LogP contribution is -2.17. The molecule has 0 heterocycles. The second-order valence-corrected chi connectivity index (χ2v) is 3.81. The van der Waals surface area contributed by atoms with Crippen LogP contribution in [0.3, 0.4) is 0 Å². The van der Waals surface area contributed by atoms with Gasteiger partial charge in [0.1, 0.15) is 0 Å². The quantitative estimate of drug-likeness (QED) is 0.620. The van der Waals surface area contributed by atoms with E-state index in [1.807, 2.05) is 0 Å². The molecule has 0 saturated heterocycles. The molecule has 0 saturated carbocycles. The van der Waals surface area contributed by atoms with E-state index in [9.17, 15) is 18.0 Å². The summed E-state index contributed by atoms with van der Waals surface area (Å²) in [4.78, 5) is 11.3. The highest BCUT2D eigenvalue weighted by Crippen LogP contribution is 2.37. The third kappa shape index (κ3) is 2.64. The topological polar surface area (TPSA) is 50.1 Å². The first-order valence-corrected chi connectivity index (χ1v) is 5.76. The van der Waals surface area contributed by atoms with Crippen molar-refractivity contribution in [2.45, 2.75) is 11.5 Å². The van der Waals surface area contributed by atoms with Gasteiger partial charge in [-0.1, -0.05) is 15.9 Å². The van der Waals surface area contributed by atoms with Crippen molar-refractivity contribution in [1.29, 1.82) is 5.26 Å². The lowest BCUT2D eigenvalue weighted by atomic mass is 9.97. The standard InChI is InChI=1S/C11H7BrF3NO2/c1-18-10(17)7-3-2-6(5-16)8(4-12)9(7)11(13,14)15/h2-3H,4H2,1H3. The van der Waals surface area contributed by atoms with Gasteiger partial charge in [0.2, 0.25) is 0 Å². The second-order valence-electron chi connectivity index (χ2n) is 3.25. The molecule has 0 bridgehead atoms. The number of carbonyl (C=O) groups excluding carboxylic acids is 1. The maximum Gasteiger partial charge on any atom is 0.417 e. The summed E-state index contributed by atoms with van der Waals surface area (Å²) in [6.45, 7) is 0. The number of methoxy groups -OCH3 is 1. The molecule has 0 aliphatic heterocycles. The number of esters is 1. The van der Waals surface area contributed by atoms with Gasteiger partial charge in [-0.15, -0.1) is 0 Å². The Morgan fingerprint density at radius 1 is 1.50 bits per heavy atom. The van der Waals surface area contributed by atoms with Gasteiger partial charge >= 0.3 is 12.1 Å². The largest absolute Gasteiger partial charge is 0.465 e. The first-order valence-electron chi connectivity index (χ1n) is 4.64. The minimum atomic E-state index is -4.74. The Hall–Kier alpha value is -1.55. The van der Waals surface area contributed by atoms with Gasteiger partial charge in [-0.2, -0.15) is 18.4 Å². The zero-order valence-corrected chi connectivity index (χ0v) is 10.7. The predicted molar refractivity (Wildman–Crippen MR) is 60.1 cm³/mol. The van der Waals surface area contributed by atoms with Crippen LogP contribution >= 0.6 is 15.9 Å². The Morgan fingerprint density at radius 3 is 2.50 bits per heavy atom. The Labute approximate surface area is 109 Å². The maximum absolute atomic E-state index is 13.0. The van der Waals surface area contributed by atoms with Crippen molar-refractivity contribution in [3.8, 4) is 6.07 Å². The number of nitriles is 1. The van der Waals surface area contributed by atoms with Crippen molar-refractivity contribution in [2.24, 2.45) is 0 Å². The SMILES string of the molecule is COC(=O)c1ccc(C#N)c(CBr)c1C(F)(F)F. The highest BCUT2D eigenvalue weighted by molar-refractivity contribution is 9.08. The summed E-state index contributed by atoms with van der Waals surface area (Å²) in [6.07, 6.45) is -4.74. The molecule has 3 nitrogen and oxygen atoms in total. The molecule has 0 aromatic heterocycles.